The Hall–Kier alpha value is -1.31. The molecule has 1 aromatic heterocycles. The molecule has 2 aromatic rings. The fourth-order valence-corrected chi connectivity index (χ4v) is 1.57. The minimum Gasteiger partial charge on any atom is -0.350 e. The van der Waals surface area contributed by atoms with Crippen LogP contribution in [-0.2, 0) is 7.05 Å². The lowest BCUT2D eigenvalue weighted by Gasteiger charge is -2.01. The van der Waals surface area contributed by atoms with Gasteiger partial charge in [-0.15, -0.1) is 0 Å². The SMILES string of the molecule is Cc1c(F)ccc2ccn(C)c12. The molecule has 1 aromatic carbocycles. The first-order chi connectivity index (χ1) is 5.70. The normalized spacial score (nSPS) is 10.9. The van der Waals surface area contributed by atoms with Crippen LogP contribution in [0.5, 0.6) is 0 Å². The average molecular weight is 163 g/mol. The molecule has 0 spiro atoms. The Morgan fingerprint density at radius 3 is 2.75 bits per heavy atom. The van der Waals surface area contributed by atoms with Crippen molar-refractivity contribution in [2.75, 3.05) is 0 Å². The van der Waals surface area contributed by atoms with Gasteiger partial charge in [0.1, 0.15) is 5.82 Å². The van der Waals surface area contributed by atoms with Gasteiger partial charge in [-0.2, -0.15) is 0 Å². The van der Waals surface area contributed by atoms with Crippen molar-refractivity contribution in [3.8, 4) is 0 Å². The monoisotopic (exact) mass is 163 g/mol. The average Bonchev–Trinajstić information content (AvgIpc) is 2.41. The molecule has 62 valence electrons. The smallest absolute Gasteiger partial charge is 0.128 e. The Balaban J connectivity index is 2.96. The summed E-state index contributed by atoms with van der Waals surface area (Å²) < 4.78 is 15.0. The van der Waals surface area contributed by atoms with Crippen LogP contribution in [0.1, 0.15) is 5.56 Å². The van der Waals surface area contributed by atoms with E-state index in [4.69, 9.17) is 0 Å². The number of aryl methyl sites for hydroxylation is 2. The van der Waals surface area contributed by atoms with Gasteiger partial charge in [-0.05, 0) is 25.1 Å². The van der Waals surface area contributed by atoms with Crippen molar-refractivity contribution in [1.82, 2.24) is 4.57 Å². The fourth-order valence-electron chi connectivity index (χ4n) is 1.57. The third-order valence-corrected chi connectivity index (χ3v) is 2.23. The van der Waals surface area contributed by atoms with Gasteiger partial charge in [-0.25, -0.2) is 4.39 Å². The molecule has 0 aliphatic carbocycles. The summed E-state index contributed by atoms with van der Waals surface area (Å²) in [6.07, 6.45) is 1.94. The van der Waals surface area contributed by atoms with Crippen LogP contribution in [-0.4, -0.2) is 4.57 Å². The molecule has 2 heteroatoms. The van der Waals surface area contributed by atoms with Crippen LogP contribution in [0.2, 0.25) is 0 Å². The van der Waals surface area contributed by atoms with Crippen molar-refractivity contribution in [2.24, 2.45) is 7.05 Å². The topological polar surface area (TPSA) is 4.93 Å². The zero-order valence-electron chi connectivity index (χ0n) is 7.13. The maximum absolute atomic E-state index is 13.1. The van der Waals surface area contributed by atoms with E-state index in [1.807, 2.05) is 23.9 Å². The molecule has 0 saturated carbocycles. The molecule has 0 aliphatic rings. The van der Waals surface area contributed by atoms with E-state index in [9.17, 15) is 4.39 Å². The zero-order chi connectivity index (χ0) is 8.72. The lowest BCUT2D eigenvalue weighted by Crippen LogP contribution is -1.90. The molecule has 0 bridgehead atoms. The molecule has 12 heavy (non-hydrogen) atoms. The van der Waals surface area contributed by atoms with Crippen molar-refractivity contribution in [3.63, 3.8) is 0 Å². The first-order valence-electron chi connectivity index (χ1n) is 3.90. The van der Waals surface area contributed by atoms with E-state index in [0.29, 0.717) is 0 Å². The second-order valence-electron chi connectivity index (χ2n) is 3.04. The molecule has 0 aliphatic heterocycles. The molecule has 0 saturated heterocycles. The van der Waals surface area contributed by atoms with Gasteiger partial charge in [0.25, 0.3) is 0 Å². The van der Waals surface area contributed by atoms with E-state index in [1.54, 1.807) is 13.0 Å². The first kappa shape index (κ1) is 7.35. The van der Waals surface area contributed by atoms with E-state index < -0.39 is 0 Å². The van der Waals surface area contributed by atoms with Crippen LogP contribution in [0.4, 0.5) is 4.39 Å². The Labute approximate surface area is 70.4 Å². The quantitative estimate of drug-likeness (QED) is 0.562. The second-order valence-corrected chi connectivity index (χ2v) is 3.04. The number of hydrogen-bond donors (Lipinski definition) is 0. The van der Waals surface area contributed by atoms with E-state index in [-0.39, 0.29) is 5.82 Å². The molecule has 0 fully saturated rings. The molecule has 2 rings (SSSR count). The van der Waals surface area contributed by atoms with Crippen LogP contribution in [0.3, 0.4) is 0 Å². The van der Waals surface area contributed by atoms with Gasteiger partial charge in [0.15, 0.2) is 0 Å². The van der Waals surface area contributed by atoms with Crippen LogP contribution in [0, 0.1) is 12.7 Å². The van der Waals surface area contributed by atoms with E-state index in [0.717, 1.165) is 16.5 Å². The summed E-state index contributed by atoms with van der Waals surface area (Å²) in [6, 6.07) is 5.30. The molecule has 0 unspecified atom stereocenters. The summed E-state index contributed by atoms with van der Waals surface area (Å²) in [5.74, 6) is -0.135. The van der Waals surface area contributed by atoms with Crippen LogP contribution in [0.25, 0.3) is 10.9 Å². The predicted molar refractivity (Wildman–Crippen MR) is 47.6 cm³/mol. The van der Waals surface area contributed by atoms with Crippen LogP contribution < -0.4 is 0 Å². The lowest BCUT2D eigenvalue weighted by atomic mass is 10.1. The summed E-state index contributed by atoms with van der Waals surface area (Å²) >= 11 is 0. The zero-order valence-corrected chi connectivity index (χ0v) is 7.13. The van der Waals surface area contributed by atoms with Gasteiger partial charge in [0.2, 0.25) is 0 Å². The van der Waals surface area contributed by atoms with Gasteiger partial charge in [0, 0.05) is 24.2 Å². The third-order valence-electron chi connectivity index (χ3n) is 2.23. The highest BCUT2D eigenvalue weighted by molar-refractivity contribution is 5.83. The highest BCUT2D eigenvalue weighted by Crippen LogP contribution is 2.20. The van der Waals surface area contributed by atoms with E-state index >= 15 is 0 Å². The van der Waals surface area contributed by atoms with Gasteiger partial charge in [-0.3, -0.25) is 0 Å². The first-order valence-corrected chi connectivity index (χ1v) is 3.90. The van der Waals surface area contributed by atoms with Gasteiger partial charge >= 0.3 is 0 Å². The lowest BCUT2D eigenvalue weighted by molar-refractivity contribution is 0.620. The van der Waals surface area contributed by atoms with Crippen molar-refractivity contribution >= 4 is 10.9 Å². The number of hydrogen-bond acceptors (Lipinski definition) is 0. The number of halogens is 1. The largest absolute Gasteiger partial charge is 0.350 e. The highest BCUT2D eigenvalue weighted by atomic mass is 19.1. The number of fused-ring (bicyclic) bond motifs is 1. The number of aromatic nitrogens is 1. The van der Waals surface area contributed by atoms with Crippen molar-refractivity contribution in [2.45, 2.75) is 6.92 Å². The molecule has 0 radical (unpaired) electrons. The van der Waals surface area contributed by atoms with Gasteiger partial charge in [0.05, 0.1) is 5.52 Å². The fraction of sp³-hybridized carbons (Fsp3) is 0.200. The highest BCUT2D eigenvalue weighted by Gasteiger charge is 2.04. The Morgan fingerprint density at radius 2 is 2.00 bits per heavy atom. The molecule has 1 heterocycles. The third kappa shape index (κ3) is 0.843. The molecule has 0 N–H and O–H groups in total. The van der Waals surface area contributed by atoms with Crippen LogP contribution >= 0.6 is 0 Å². The number of nitrogens with zero attached hydrogens (tertiary/aromatic N) is 1. The summed E-state index contributed by atoms with van der Waals surface area (Å²) in [5.41, 5.74) is 1.70. The van der Waals surface area contributed by atoms with Crippen molar-refractivity contribution < 1.29 is 4.39 Å². The minimum atomic E-state index is -0.135. The maximum Gasteiger partial charge on any atom is 0.128 e. The summed E-state index contributed by atoms with van der Waals surface area (Å²) in [5, 5.41) is 1.09. The minimum absolute atomic E-state index is 0.135. The van der Waals surface area contributed by atoms with E-state index in [2.05, 4.69) is 0 Å². The Bertz CT molecular complexity index is 429. The van der Waals surface area contributed by atoms with Gasteiger partial charge in [-0.1, -0.05) is 0 Å². The van der Waals surface area contributed by atoms with Crippen molar-refractivity contribution in [1.29, 1.82) is 0 Å². The molecular formula is C10H10FN. The Kier molecular flexibility index (Phi) is 1.43. The number of benzene rings is 1. The summed E-state index contributed by atoms with van der Waals surface area (Å²) in [6.45, 7) is 1.80. The predicted octanol–water partition coefficient (Wildman–Crippen LogP) is 2.63. The molecular weight excluding hydrogens is 153 g/mol. The second kappa shape index (κ2) is 2.34. The van der Waals surface area contributed by atoms with Gasteiger partial charge < -0.3 is 4.57 Å². The standard InChI is InChI=1S/C10H10FN/c1-7-9(11)4-3-8-5-6-12(2)10(7)8/h3-6H,1-2H3. The maximum atomic E-state index is 13.1. The molecule has 0 amide bonds. The number of rotatable bonds is 0. The van der Waals surface area contributed by atoms with Crippen molar-refractivity contribution in [3.05, 3.63) is 35.8 Å². The molecule has 0 atom stereocenters. The Morgan fingerprint density at radius 1 is 1.25 bits per heavy atom. The molecule has 1 nitrogen and oxygen atoms in total. The summed E-state index contributed by atoms with van der Waals surface area (Å²) in [4.78, 5) is 0. The van der Waals surface area contributed by atoms with Crippen LogP contribution in [0.15, 0.2) is 24.4 Å². The summed E-state index contributed by atoms with van der Waals surface area (Å²) in [7, 11) is 1.93. The van der Waals surface area contributed by atoms with E-state index in [1.165, 1.54) is 6.07 Å².